The number of thiazole rings is 1. The van der Waals surface area contributed by atoms with Crippen molar-refractivity contribution in [2.45, 2.75) is 0 Å². The number of benzene rings is 1. The lowest BCUT2D eigenvalue weighted by Crippen LogP contribution is -1.99. The van der Waals surface area contributed by atoms with Gasteiger partial charge in [0.1, 0.15) is 10.8 Å². The molecule has 1 aromatic heterocycles. The quantitative estimate of drug-likeness (QED) is 0.691. The van der Waals surface area contributed by atoms with Crippen molar-refractivity contribution >= 4 is 23.0 Å². The summed E-state index contributed by atoms with van der Waals surface area (Å²) in [4.78, 5) is 23.7. The van der Waals surface area contributed by atoms with E-state index < -0.39 is 33.8 Å². The molecule has 1 heterocycles. The molecule has 1 aromatic carbocycles. The highest BCUT2D eigenvalue weighted by Crippen LogP contribution is 2.33. The molecule has 6 nitrogen and oxygen atoms in total. The van der Waals surface area contributed by atoms with E-state index in [0.717, 1.165) is 11.4 Å². The minimum absolute atomic E-state index is 0.267. The highest BCUT2D eigenvalue weighted by molar-refractivity contribution is 7.13. The number of aromatic nitrogens is 1. The van der Waals surface area contributed by atoms with E-state index in [4.69, 9.17) is 5.11 Å². The fourth-order valence-corrected chi connectivity index (χ4v) is 2.20. The monoisotopic (exact) mass is 286 g/mol. The number of nitrogens with zero attached hydrogens (tertiary/aromatic N) is 2. The Morgan fingerprint density at radius 2 is 2.11 bits per heavy atom. The highest BCUT2D eigenvalue weighted by Gasteiger charge is 2.25. The Morgan fingerprint density at radius 3 is 2.63 bits per heavy atom. The molecule has 1 N–H and O–H groups in total. The third-order valence-corrected chi connectivity index (χ3v) is 3.06. The number of hydrogen-bond acceptors (Lipinski definition) is 5. The molecule has 0 fully saturated rings. The summed E-state index contributed by atoms with van der Waals surface area (Å²) in [6.07, 6.45) is 0. The number of nitro benzene ring substituents is 1. The standard InChI is InChI=1S/C10H4F2N2O4S/c11-4-1-2-6(14(17)18)8(12)7(4)9-13-5(3-19-9)10(15)16/h1-3H,(H,15,16). The van der Waals surface area contributed by atoms with Crippen LogP contribution in [0.2, 0.25) is 0 Å². The first-order valence-corrected chi connectivity index (χ1v) is 5.61. The molecule has 2 aromatic rings. The molecule has 0 aliphatic rings. The Hall–Kier alpha value is -2.42. The van der Waals surface area contributed by atoms with Crippen LogP contribution >= 0.6 is 11.3 Å². The van der Waals surface area contributed by atoms with Crippen LogP contribution in [0.1, 0.15) is 10.5 Å². The minimum atomic E-state index is -1.38. The summed E-state index contributed by atoms with van der Waals surface area (Å²) in [5, 5.41) is 20.1. The van der Waals surface area contributed by atoms with Crippen molar-refractivity contribution in [3.05, 3.63) is 45.0 Å². The number of nitro groups is 1. The lowest BCUT2D eigenvalue weighted by Gasteiger charge is -2.01. The van der Waals surface area contributed by atoms with Gasteiger partial charge in [0.05, 0.1) is 10.5 Å². The molecule has 0 atom stereocenters. The number of rotatable bonds is 3. The number of carboxylic acids is 1. The van der Waals surface area contributed by atoms with Crippen molar-refractivity contribution in [2.75, 3.05) is 0 Å². The van der Waals surface area contributed by atoms with Gasteiger partial charge in [0.15, 0.2) is 5.69 Å². The topological polar surface area (TPSA) is 93.3 Å². The highest BCUT2D eigenvalue weighted by atomic mass is 32.1. The molecule has 9 heteroatoms. The van der Waals surface area contributed by atoms with E-state index >= 15 is 0 Å². The summed E-state index contributed by atoms with van der Waals surface area (Å²) in [6.45, 7) is 0. The summed E-state index contributed by atoms with van der Waals surface area (Å²) in [5.74, 6) is -3.78. The normalized spacial score (nSPS) is 10.4. The Balaban J connectivity index is 2.63. The van der Waals surface area contributed by atoms with Gasteiger partial charge in [0, 0.05) is 11.4 Å². The average molecular weight is 286 g/mol. The zero-order chi connectivity index (χ0) is 14.2. The van der Waals surface area contributed by atoms with Crippen LogP contribution in [0.4, 0.5) is 14.5 Å². The molecular weight excluding hydrogens is 282 g/mol. The summed E-state index contributed by atoms with van der Waals surface area (Å²) < 4.78 is 27.4. The number of carboxylic acid groups (broad SMARTS) is 1. The second-order valence-electron chi connectivity index (χ2n) is 3.36. The van der Waals surface area contributed by atoms with Gasteiger partial charge in [-0.1, -0.05) is 0 Å². The van der Waals surface area contributed by atoms with E-state index in [-0.39, 0.29) is 10.7 Å². The maximum Gasteiger partial charge on any atom is 0.355 e. The van der Waals surface area contributed by atoms with Gasteiger partial charge >= 0.3 is 11.7 Å². The number of halogens is 2. The first-order chi connectivity index (χ1) is 8.91. The Kier molecular flexibility index (Phi) is 3.21. The van der Waals surface area contributed by atoms with Crippen LogP contribution in [-0.2, 0) is 0 Å². The van der Waals surface area contributed by atoms with Gasteiger partial charge in [-0.25, -0.2) is 14.2 Å². The van der Waals surface area contributed by atoms with Crippen molar-refractivity contribution in [1.82, 2.24) is 4.98 Å². The fraction of sp³-hybridized carbons (Fsp3) is 0. The molecule has 0 bridgehead atoms. The van der Waals surface area contributed by atoms with Gasteiger partial charge in [-0.3, -0.25) is 10.1 Å². The van der Waals surface area contributed by atoms with Crippen molar-refractivity contribution in [2.24, 2.45) is 0 Å². The Bertz CT molecular complexity index is 686. The molecule has 0 aliphatic carbocycles. The predicted molar refractivity (Wildman–Crippen MR) is 61.1 cm³/mol. The molecule has 0 saturated heterocycles. The second kappa shape index (κ2) is 4.69. The van der Waals surface area contributed by atoms with Gasteiger partial charge in [-0.15, -0.1) is 11.3 Å². The fourth-order valence-electron chi connectivity index (χ4n) is 1.37. The van der Waals surface area contributed by atoms with Crippen LogP contribution in [0, 0.1) is 21.7 Å². The SMILES string of the molecule is O=C(O)c1csc(-c2c(F)ccc([N+](=O)[O-])c2F)n1. The molecule has 2 rings (SSSR count). The first kappa shape index (κ1) is 13.0. The second-order valence-corrected chi connectivity index (χ2v) is 4.21. The number of carbonyl (C=O) groups is 1. The van der Waals surface area contributed by atoms with Gasteiger partial charge < -0.3 is 5.11 Å². The van der Waals surface area contributed by atoms with Crippen LogP contribution in [0.25, 0.3) is 10.6 Å². The molecule has 0 amide bonds. The van der Waals surface area contributed by atoms with E-state index in [1.165, 1.54) is 0 Å². The molecule has 0 spiro atoms. The molecule has 98 valence electrons. The average Bonchev–Trinajstić information content (AvgIpc) is 2.78. The largest absolute Gasteiger partial charge is 0.476 e. The lowest BCUT2D eigenvalue weighted by atomic mass is 10.2. The van der Waals surface area contributed by atoms with E-state index in [1.807, 2.05) is 0 Å². The van der Waals surface area contributed by atoms with Gasteiger partial charge in [0.25, 0.3) is 0 Å². The maximum atomic E-state index is 13.8. The summed E-state index contributed by atoms with van der Waals surface area (Å²) in [6, 6.07) is 1.43. The third kappa shape index (κ3) is 2.27. The molecule has 19 heavy (non-hydrogen) atoms. The molecule has 0 saturated carbocycles. The van der Waals surface area contributed by atoms with Crippen molar-refractivity contribution in [1.29, 1.82) is 0 Å². The molecule has 0 unspecified atom stereocenters. The Morgan fingerprint density at radius 1 is 1.42 bits per heavy atom. The van der Waals surface area contributed by atoms with Gasteiger partial charge in [-0.2, -0.15) is 4.39 Å². The van der Waals surface area contributed by atoms with E-state index in [1.54, 1.807) is 0 Å². The maximum absolute atomic E-state index is 13.8. The summed E-state index contributed by atoms with van der Waals surface area (Å²) in [7, 11) is 0. The minimum Gasteiger partial charge on any atom is -0.476 e. The van der Waals surface area contributed by atoms with Crippen LogP contribution in [0.5, 0.6) is 0 Å². The molecule has 0 aliphatic heterocycles. The van der Waals surface area contributed by atoms with Crippen LogP contribution in [-0.4, -0.2) is 21.0 Å². The van der Waals surface area contributed by atoms with Gasteiger partial charge in [0.2, 0.25) is 5.82 Å². The van der Waals surface area contributed by atoms with E-state index in [0.29, 0.717) is 17.4 Å². The summed E-state index contributed by atoms with van der Waals surface area (Å²) in [5.41, 5.74) is -1.99. The molecular formula is C10H4F2N2O4S. The van der Waals surface area contributed by atoms with Crippen LogP contribution in [0.3, 0.4) is 0 Å². The van der Waals surface area contributed by atoms with Crippen molar-refractivity contribution in [3.63, 3.8) is 0 Å². The predicted octanol–water partition coefficient (Wildman–Crippen LogP) is 2.69. The van der Waals surface area contributed by atoms with E-state index in [9.17, 15) is 23.7 Å². The van der Waals surface area contributed by atoms with Crippen LogP contribution in [0.15, 0.2) is 17.5 Å². The Labute approximate surface area is 108 Å². The van der Waals surface area contributed by atoms with Crippen molar-refractivity contribution in [3.8, 4) is 10.6 Å². The first-order valence-electron chi connectivity index (χ1n) is 4.73. The molecule has 0 radical (unpaired) electrons. The smallest absolute Gasteiger partial charge is 0.355 e. The summed E-state index contributed by atoms with van der Waals surface area (Å²) >= 11 is 0.685. The van der Waals surface area contributed by atoms with E-state index in [2.05, 4.69) is 4.98 Å². The van der Waals surface area contributed by atoms with Crippen molar-refractivity contribution < 1.29 is 23.6 Å². The zero-order valence-electron chi connectivity index (χ0n) is 8.96. The number of hydrogen-bond donors (Lipinski definition) is 1. The third-order valence-electron chi connectivity index (χ3n) is 2.20. The van der Waals surface area contributed by atoms with Crippen LogP contribution < -0.4 is 0 Å². The van der Waals surface area contributed by atoms with Gasteiger partial charge in [-0.05, 0) is 6.07 Å². The number of aromatic carboxylic acids is 1. The lowest BCUT2D eigenvalue weighted by molar-refractivity contribution is -0.387. The zero-order valence-corrected chi connectivity index (χ0v) is 9.78.